The summed E-state index contributed by atoms with van der Waals surface area (Å²) in [5.74, 6) is 0.807. The van der Waals surface area contributed by atoms with E-state index in [9.17, 15) is 0 Å². The van der Waals surface area contributed by atoms with E-state index < -0.39 is 0 Å². The van der Waals surface area contributed by atoms with Gasteiger partial charge in [-0.05, 0) is 32.6 Å². The topological polar surface area (TPSA) is 21.3 Å². The minimum Gasteiger partial charge on any atom is -0.371 e. The lowest BCUT2D eigenvalue weighted by Crippen LogP contribution is -2.49. The molecule has 0 aromatic heterocycles. The molecule has 0 heterocycles. The minimum atomic E-state index is 0.0934. The summed E-state index contributed by atoms with van der Waals surface area (Å²) in [5.41, 5.74) is 0.0934. The van der Waals surface area contributed by atoms with Gasteiger partial charge in [0.2, 0.25) is 0 Å². The number of hydrogen-bond donors (Lipinski definition) is 1. The summed E-state index contributed by atoms with van der Waals surface area (Å²) in [4.78, 5) is 0. The number of nitrogens with one attached hydrogen (secondary N) is 1. The zero-order valence-electron chi connectivity index (χ0n) is 11.7. The van der Waals surface area contributed by atoms with E-state index in [1.54, 1.807) is 0 Å². The molecule has 1 saturated carbocycles. The zero-order valence-corrected chi connectivity index (χ0v) is 11.7. The summed E-state index contributed by atoms with van der Waals surface area (Å²) in [5, 5.41) is 3.56. The highest BCUT2D eigenvalue weighted by Gasteiger charge is 2.36. The van der Waals surface area contributed by atoms with Gasteiger partial charge in [0.1, 0.15) is 0 Å². The van der Waals surface area contributed by atoms with Crippen LogP contribution in [0.25, 0.3) is 0 Å². The predicted molar refractivity (Wildman–Crippen MR) is 69.7 cm³/mol. The molecule has 0 spiro atoms. The van der Waals surface area contributed by atoms with Crippen molar-refractivity contribution in [3.63, 3.8) is 0 Å². The van der Waals surface area contributed by atoms with Crippen LogP contribution in [0.2, 0.25) is 0 Å². The summed E-state index contributed by atoms with van der Waals surface area (Å²) in [6.07, 6.45) is 5.44. The van der Waals surface area contributed by atoms with Crippen LogP contribution in [0.5, 0.6) is 0 Å². The molecule has 0 aromatic rings. The molecule has 0 aliphatic heterocycles. The Balaban J connectivity index is 2.59. The second kappa shape index (κ2) is 6.02. The molecule has 0 saturated heterocycles. The number of rotatable bonds is 5. The maximum Gasteiger partial charge on any atom is 0.0812 e. The van der Waals surface area contributed by atoms with Gasteiger partial charge in [-0.15, -0.1) is 0 Å². The summed E-state index contributed by atoms with van der Waals surface area (Å²) in [6.45, 7) is 12.1. The van der Waals surface area contributed by atoms with Gasteiger partial charge in [0.05, 0.1) is 11.7 Å². The molecular formula is C14H29NO. The predicted octanol–water partition coefficient (Wildman–Crippen LogP) is 3.36. The second-order valence-corrected chi connectivity index (χ2v) is 6.09. The van der Waals surface area contributed by atoms with E-state index in [0.717, 1.165) is 12.5 Å². The Morgan fingerprint density at radius 3 is 2.50 bits per heavy atom. The molecule has 1 aliphatic carbocycles. The van der Waals surface area contributed by atoms with Crippen LogP contribution < -0.4 is 5.32 Å². The van der Waals surface area contributed by atoms with E-state index in [1.807, 2.05) is 0 Å². The van der Waals surface area contributed by atoms with E-state index in [1.165, 1.54) is 25.7 Å². The first kappa shape index (κ1) is 14.0. The molecule has 2 unspecified atom stereocenters. The van der Waals surface area contributed by atoms with Crippen molar-refractivity contribution in [1.29, 1.82) is 0 Å². The summed E-state index contributed by atoms with van der Waals surface area (Å²) >= 11 is 0. The molecule has 1 rings (SSSR count). The van der Waals surface area contributed by atoms with Gasteiger partial charge in [-0.3, -0.25) is 0 Å². The zero-order chi connectivity index (χ0) is 12.2. The molecule has 1 N–H and O–H groups in total. The van der Waals surface area contributed by atoms with E-state index in [-0.39, 0.29) is 5.60 Å². The Morgan fingerprint density at radius 2 is 2.00 bits per heavy atom. The molecule has 2 atom stereocenters. The van der Waals surface area contributed by atoms with Crippen molar-refractivity contribution in [2.24, 2.45) is 5.92 Å². The second-order valence-electron chi connectivity index (χ2n) is 6.09. The average Bonchev–Trinajstić information content (AvgIpc) is 2.13. The first-order valence-electron chi connectivity index (χ1n) is 6.85. The Labute approximate surface area is 101 Å². The monoisotopic (exact) mass is 227 g/mol. The lowest BCUT2D eigenvalue weighted by atomic mass is 9.78. The van der Waals surface area contributed by atoms with Gasteiger partial charge < -0.3 is 10.1 Å². The molecule has 2 nitrogen and oxygen atoms in total. The van der Waals surface area contributed by atoms with Gasteiger partial charge in [-0.2, -0.15) is 0 Å². The first-order chi connectivity index (χ1) is 7.43. The maximum absolute atomic E-state index is 6.24. The third-order valence-electron chi connectivity index (χ3n) is 3.37. The molecule has 2 heteroatoms. The van der Waals surface area contributed by atoms with Crippen molar-refractivity contribution in [3.8, 4) is 0 Å². The Kier molecular flexibility index (Phi) is 5.26. The van der Waals surface area contributed by atoms with Crippen LogP contribution in [0.1, 0.15) is 60.3 Å². The molecule has 0 aromatic carbocycles. The summed E-state index contributed by atoms with van der Waals surface area (Å²) in [7, 11) is 0. The fourth-order valence-corrected chi connectivity index (χ4v) is 2.81. The fourth-order valence-electron chi connectivity index (χ4n) is 2.81. The summed E-state index contributed by atoms with van der Waals surface area (Å²) < 4.78 is 6.24. The average molecular weight is 227 g/mol. The lowest BCUT2D eigenvalue weighted by Gasteiger charge is -2.42. The Bertz CT molecular complexity index is 199. The third-order valence-corrected chi connectivity index (χ3v) is 3.37. The fraction of sp³-hybridized carbons (Fsp3) is 1.00. The standard InChI is InChI=1S/C14H29NO/c1-11(2)15-10-14(16-12(3)4)8-6-7-13(5)9-14/h11-13,15H,6-10H2,1-5H3. The number of hydrogen-bond acceptors (Lipinski definition) is 2. The minimum absolute atomic E-state index is 0.0934. The van der Waals surface area contributed by atoms with Crippen molar-refractivity contribution >= 4 is 0 Å². The molecular weight excluding hydrogens is 198 g/mol. The van der Waals surface area contributed by atoms with Crippen molar-refractivity contribution < 1.29 is 4.74 Å². The molecule has 1 fully saturated rings. The van der Waals surface area contributed by atoms with Crippen LogP contribution >= 0.6 is 0 Å². The molecule has 16 heavy (non-hydrogen) atoms. The van der Waals surface area contributed by atoms with Crippen LogP contribution in [0.3, 0.4) is 0 Å². The quantitative estimate of drug-likeness (QED) is 0.777. The van der Waals surface area contributed by atoms with Crippen molar-refractivity contribution in [3.05, 3.63) is 0 Å². The highest BCUT2D eigenvalue weighted by atomic mass is 16.5. The maximum atomic E-state index is 6.24. The SMILES string of the molecule is CC1CCCC(CNC(C)C)(OC(C)C)C1. The molecule has 0 radical (unpaired) electrons. The number of ether oxygens (including phenoxy) is 1. The highest BCUT2D eigenvalue weighted by Crippen LogP contribution is 2.35. The van der Waals surface area contributed by atoms with Crippen LogP contribution in [0, 0.1) is 5.92 Å². The molecule has 0 amide bonds. The van der Waals surface area contributed by atoms with Gasteiger partial charge in [0.15, 0.2) is 0 Å². The van der Waals surface area contributed by atoms with Crippen LogP contribution in [0.15, 0.2) is 0 Å². The van der Waals surface area contributed by atoms with Crippen LogP contribution in [-0.4, -0.2) is 24.3 Å². The largest absolute Gasteiger partial charge is 0.371 e. The highest BCUT2D eigenvalue weighted by molar-refractivity contribution is 4.90. The molecule has 96 valence electrons. The van der Waals surface area contributed by atoms with Crippen LogP contribution in [-0.2, 0) is 4.74 Å². The Morgan fingerprint density at radius 1 is 1.31 bits per heavy atom. The van der Waals surface area contributed by atoms with Gasteiger partial charge in [-0.1, -0.05) is 33.6 Å². The van der Waals surface area contributed by atoms with Crippen molar-refractivity contribution in [2.75, 3.05) is 6.54 Å². The Hall–Kier alpha value is -0.0800. The van der Waals surface area contributed by atoms with Crippen molar-refractivity contribution in [1.82, 2.24) is 5.32 Å². The van der Waals surface area contributed by atoms with Gasteiger partial charge in [0, 0.05) is 12.6 Å². The van der Waals surface area contributed by atoms with E-state index in [2.05, 4.69) is 39.9 Å². The van der Waals surface area contributed by atoms with Gasteiger partial charge in [0.25, 0.3) is 0 Å². The summed E-state index contributed by atoms with van der Waals surface area (Å²) in [6, 6.07) is 0.546. The van der Waals surface area contributed by atoms with E-state index in [4.69, 9.17) is 4.74 Å². The van der Waals surface area contributed by atoms with Gasteiger partial charge >= 0.3 is 0 Å². The molecule has 1 aliphatic rings. The lowest BCUT2D eigenvalue weighted by molar-refractivity contribution is -0.109. The third kappa shape index (κ3) is 4.42. The van der Waals surface area contributed by atoms with E-state index in [0.29, 0.717) is 12.1 Å². The van der Waals surface area contributed by atoms with Crippen LogP contribution in [0.4, 0.5) is 0 Å². The smallest absolute Gasteiger partial charge is 0.0812 e. The first-order valence-corrected chi connectivity index (χ1v) is 6.85. The van der Waals surface area contributed by atoms with Crippen molar-refractivity contribution in [2.45, 2.75) is 78.0 Å². The normalized spacial score (nSPS) is 31.3. The van der Waals surface area contributed by atoms with E-state index >= 15 is 0 Å². The molecule has 0 bridgehead atoms. The van der Waals surface area contributed by atoms with Gasteiger partial charge in [-0.25, -0.2) is 0 Å².